The number of carbonyl (C=O) groups excluding carboxylic acids is 2. The van der Waals surface area contributed by atoms with E-state index in [0.717, 1.165) is 5.69 Å². The molecular formula is C26H21N3O4. The summed E-state index contributed by atoms with van der Waals surface area (Å²) in [5.74, 6) is 0.0875. The molecule has 7 heteroatoms. The molecule has 0 aliphatic carbocycles. The second kappa shape index (κ2) is 10.1. The normalized spacial score (nSPS) is 10.7. The molecule has 0 aliphatic rings. The number of nitrogens with zero attached hydrogens (tertiary/aromatic N) is 2. The third kappa shape index (κ3) is 5.34. The number of methoxy groups -OCH3 is 1. The number of rotatable bonds is 7. The highest BCUT2D eigenvalue weighted by molar-refractivity contribution is 5.98. The molecule has 0 bridgehead atoms. The Labute approximate surface area is 190 Å². The Morgan fingerprint density at radius 2 is 1.64 bits per heavy atom. The van der Waals surface area contributed by atoms with Crippen LogP contribution >= 0.6 is 0 Å². The summed E-state index contributed by atoms with van der Waals surface area (Å²) >= 11 is 0. The summed E-state index contributed by atoms with van der Waals surface area (Å²) in [6.07, 6.45) is 5.22. The van der Waals surface area contributed by atoms with Crippen LogP contribution in [0, 0.1) is 0 Å². The van der Waals surface area contributed by atoms with Crippen molar-refractivity contribution in [2.45, 2.75) is 0 Å². The minimum atomic E-state index is -0.502. The highest BCUT2D eigenvalue weighted by Gasteiger charge is 2.12. The zero-order valence-corrected chi connectivity index (χ0v) is 17.8. The molecular weight excluding hydrogens is 418 g/mol. The molecule has 4 aromatic rings. The quantitative estimate of drug-likeness (QED) is 0.199. The Bertz CT molecular complexity index is 1300. The molecule has 0 radical (unpaired) electrons. The highest BCUT2D eigenvalue weighted by atomic mass is 16.5. The van der Waals surface area contributed by atoms with E-state index >= 15 is 0 Å². The molecule has 7 nitrogen and oxygen atoms in total. The van der Waals surface area contributed by atoms with Gasteiger partial charge >= 0.3 is 5.97 Å². The maximum Gasteiger partial charge on any atom is 0.343 e. The topological polar surface area (TPSA) is 81.9 Å². The Morgan fingerprint density at radius 3 is 2.45 bits per heavy atom. The first kappa shape index (κ1) is 21.6. The van der Waals surface area contributed by atoms with E-state index in [9.17, 15) is 9.59 Å². The lowest BCUT2D eigenvalue weighted by Gasteiger charge is -2.09. The third-order valence-electron chi connectivity index (χ3n) is 4.79. The number of carbonyl (C=O) groups is 2. The summed E-state index contributed by atoms with van der Waals surface area (Å²) in [6, 6.07) is 24.6. The first-order chi connectivity index (χ1) is 16.1. The van der Waals surface area contributed by atoms with Gasteiger partial charge in [0.25, 0.3) is 5.91 Å². The highest BCUT2D eigenvalue weighted by Crippen LogP contribution is 2.18. The van der Waals surface area contributed by atoms with Crippen molar-refractivity contribution >= 4 is 18.1 Å². The van der Waals surface area contributed by atoms with E-state index < -0.39 is 5.97 Å². The fourth-order valence-electron chi connectivity index (χ4n) is 3.19. The van der Waals surface area contributed by atoms with Gasteiger partial charge in [0.05, 0.1) is 30.1 Å². The minimum Gasteiger partial charge on any atom is -0.497 e. The van der Waals surface area contributed by atoms with Crippen LogP contribution < -0.4 is 14.9 Å². The summed E-state index contributed by atoms with van der Waals surface area (Å²) in [5, 5.41) is 4.05. The number of ether oxygens (including phenoxy) is 2. The Kier molecular flexibility index (Phi) is 6.61. The zero-order chi connectivity index (χ0) is 23.0. The molecule has 0 unspecified atom stereocenters. The third-order valence-corrected chi connectivity index (χ3v) is 4.79. The van der Waals surface area contributed by atoms with Crippen LogP contribution in [0.4, 0.5) is 0 Å². The molecule has 4 rings (SSSR count). The van der Waals surface area contributed by atoms with E-state index in [-0.39, 0.29) is 5.91 Å². The number of hydrogen-bond donors (Lipinski definition) is 1. The summed E-state index contributed by atoms with van der Waals surface area (Å²) in [7, 11) is 1.53. The molecule has 0 saturated carbocycles. The molecule has 1 aromatic heterocycles. The van der Waals surface area contributed by atoms with Gasteiger partial charge in [-0.05, 0) is 60.2 Å². The van der Waals surface area contributed by atoms with Crippen molar-refractivity contribution < 1.29 is 19.1 Å². The van der Waals surface area contributed by atoms with Crippen LogP contribution in [0.1, 0.15) is 26.3 Å². The molecule has 1 amide bonds. The number of aromatic nitrogens is 1. The Morgan fingerprint density at radius 1 is 0.879 bits per heavy atom. The lowest BCUT2D eigenvalue weighted by molar-refractivity contribution is 0.0734. The zero-order valence-electron chi connectivity index (χ0n) is 17.8. The predicted octanol–water partition coefficient (Wildman–Crippen LogP) is 4.47. The van der Waals surface area contributed by atoms with E-state index in [4.69, 9.17) is 9.47 Å². The summed E-state index contributed by atoms with van der Waals surface area (Å²) in [5.41, 5.74) is 4.82. The van der Waals surface area contributed by atoms with Gasteiger partial charge in [-0.3, -0.25) is 4.79 Å². The van der Waals surface area contributed by atoms with Crippen molar-refractivity contribution in [2.24, 2.45) is 5.10 Å². The lowest BCUT2D eigenvalue weighted by Crippen LogP contribution is -2.19. The van der Waals surface area contributed by atoms with Crippen LogP contribution in [0.2, 0.25) is 0 Å². The van der Waals surface area contributed by atoms with Gasteiger partial charge < -0.3 is 14.0 Å². The van der Waals surface area contributed by atoms with E-state index in [2.05, 4.69) is 10.5 Å². The molecule has 1 heterocycles. The van der Waals surface area contributed by atoms with Crippen molar-refractivity contribution in [3.8, 4) is 17.2 Å². The first-order valence-electron chi connectivity index (χ1n) is 10.2. The molecule has 33 heavy (non-hydrogen) atoms. The first-order valence-corrected chi connectivity index (χ1v) is 10.2. The van der Waals surface area contributed by atoms with Gasteiger partial charge in [-0.25, -0.2) is 10.2 Å². The summed E-state index contributed by atoms with van der Waals surface area (Å²) in [6.45, 7) is 0. The molecule has 0 fully saturated rings. The van der Waals surface area contributed by atoms with Crippen LogP contribution in [-0.4, -0.2) is 29.8 Å². The number of benzene rings is 3. The van der Waals surface area contributed by atoms with Crippen LogP contribution in [0.5, 0.6) is 11.5 Å². The Hall–Kier alpha value is -4.65. The fourth-order valence-corrected chi connectivity index (χ4v) is 3.19. The Balaban J connectivity index is 1.42. The van der Waals surface area contributed by atoms with Crippen LogP contribution in [-0.2, 0) is 0 Å². The summed E-state index contributed by atoms with van der Waals surface area (Å²) < 4.78 is 12.4. The van der Waals surface area contributed by atoms with E-state index in [1.807, 2.05) is 41.2 Å². The molecule has 0 aliphatic heterocycles. The average Bonchev–Trinajstić information content (AvgIpc) is 3.39. The molecule has 3 aromatic carbocycles. The summed E-state index contributed by atoms with van der Waals surface area (Å²) in [4.78, 5) is 25.1. The van der Waals surface area contributed by atoms with Gasteiger partial charge in [0.2, 0.25) is 0 Å². The van der Waals surface area contributed by atoms with E-state index in [0.29, 0.717) is 28.2 Å². The van der Waals surface area contributed by atoms with Crippen molar-refractivity contribution in [2.75, 3.05) is 7.11 Å². The van der Waals surface area contributed by atoms with Crippen molar-refractivity contribution in [3.05, 3.63) is 114 Å². The van der Waals surface area contributed by atoms with Gasteiger partial charge in [0, 0.05) is 12.4 Å². The van der Waals surface area contributed by atoms with Gasteiger partial charge in [-0.1, -0.05) is 30.3 Å². The molecule has 0 spiro atoms. The van der Waals surface area contributed by atoms with Crippen molar-refractivity contribution in [1.29, 1.82) is 0 Å². The number of hydrogen-bond acceptors (Lipinski definition) is 5. The van der Waals surface area contributed by atoms with E-state index in [1.165, 1.54) is 13.3 Å². The number of amides is 1. The molecule has 164 valence electrons. The molecule has 0 atom stereocenters. The number of nitrogens with one attached hydrogen (secondary N) is 1. The maximum atomic E-state index is 12.7. The number of para-hydroxylation sites is 1. The maximum absolute atomic E-state index is 12.7. The SMILES string of the molecule is COc1cccc(C(=O)Oc2cccc(C=NNC(=O)c3ccccc3-n3cccc3)c2)c1. The fraction of sp³-hybridized carbons (Fsp3) is 0.0385. The van der Waals surface area contributed by atoms with Crippen LogP contribution in [0.3, 0.4) is 0 Å². The molecule has 0 saturated heterocycles. The van der Waals surface area contributed by atoms with Crippen LogP contribution in [0.15, 0.2) is 102 Å². The smallest absolute Gasteiger partial charge is 0.343 e. The van der Waals surface area contributed by atoms with Gasteiger partial charge in [0.15, 0.2) is 0 Å². The van der Waals surface area contributed by atoms with E-state index in [1.54, 1.807) is 60.7 Å². The second-order valence-electron chi connectivity index (χ2n) is 7.00. The predicted molar refractivity (Wildman–Crippen MR) is 125 cm³/mol. The monoisotopic (exact) mass is 439 g/mol. The van der Waals surface area contributed by atoms with Gasteiger partial charge in [-0.15, -0.1) is 0 Å². The largest absolute Gasteiger partial charge is 0.497 e. The minimum absolute atomic E-state index is 0.337. The van der Waals surface area contributed by atoms with Crippen LogP contribution in [0.25, 0.3) is 5.69 Å². The second-order valence-corrected chi connectivity index (χ2v) is 7.00. The van der Waals surface area contributed by atoms with Crippen molar-refractivity contribution in [3.63, 3.8) is 0 Å². The number of esters is 1. The molecule has 1 N–H and O–H groups in total. The van der Waals surface area contributed by atoms with Gasteiger partial charge in [0.1, 0.15) is 11.5 Å². The van der Waals surface area contributed by atoms with Gasteiger partial charge in [-0.2, -0.15) is 5.10 Å². The standard InChI is InChI=1S/C26H21N3O4/c1-32-21-10-7-9-20(17-21)26(31)33-22-11-6-8-19(16-22)18-27-28-25(30)23-12-2-3-13-24(23)29-14-4-5-15-29/h2-18H,1H3,(H,28,30). The lowest BCUT2D eigenvalue weighted by atomic mass is 10.1. The number of hydrazone groups is 1. The average molecular weight is 439 g/mol. The van der Waals surface area contributed by atoms with Crippen molar-refractivity contribution in [1.82, 2.24) is 9.99 Å².